The molecule has 3 aromatic rings. The summed E-state index contributed by atoms with van der Waals surface area (Å²) < 4.78 is 19.5. The molecule has 0 atom stereocenters. The summed E-state index contributed by atoms with van der Waals surface area (Å²) in [6.07, 6.45) is 0.159. The largest absolute Gasteiger partial charge is 0.411 e. The van der Waals surface area contributed by atoms with Crippen molar-refractivity contribution in [2.75, 3.05) is 0 Å². The summed E-state index contributed by atoms with van der Waals surface area (Å²) in [6, 6.07) is 4.21. The lowest BCUT2D eigenvalue weighted by molar-refractivity contribution is 0.299. The van der Waals surface area contributed by atoms with Crippen LogP contribution in [0.25, 0.3) is 0 Å². The van der Waals surface area contributed by atoms with Gasteiger partial charge in [-0.1, -0.05) is 28.0 Å². The van der Waals surface area contributed by atoms with Gasteiger partial charge in [0.25, 0.3) is 0 Å². The second-order valence-corrected chi connectivity index (χ2v) is 5.32. The SMILES string of the molecule is Cc1nnnn1Cc1nonc1C(Cc1ccc(F)c(Cl)c1)=NO. The number of hydrogen-bond acceptors (Lipinski definition) is 8. The predicted molar refractivity (Wildman–Crippen MR) is 79.4 cm³/mol. The van der Waals surface area contributed by atoms with Gasteiger partial charge in [-0.3, -0.25) is 0 Å². The lowest BCUT2D eigenvalue weighted by Gasteiger charge is -2.05. The lowest BCUT2D eigenvalue weighted by atomic mass is 10.1. The molecule has 0 spiro atoms. The van der Waals surface area contributed by atoms with Crippen LogP contribution in [0.4, 0.5) is 4.39 Å². The molecule has 24 heavy (non-hydrogen) atoms. The van der Waals surface area contributed by atoms with Crippen LogP contribution in [0.15, 0.2) is 28.0 Å². The zero-order chi connectivity index (χ0) is 17.1. The van der Waals surface area contributed by atoms with E-state index in [2.05, 4.69) is 31.0 Å². The zero-order valence-corrected chi connectivity index (χ0v) is 13.1. The first-order valence-corrected chi connectivity index (χ1v) is 7.15. The molecule has 0 aliphatic carbocycles. The van der Waals surface area contributed by atoms with Gasteiger partial charge in [-0.25, -0.2) is 13.7 Å². The summed E-state index contributed by atoms with van der Waals surface area (Å²) in [5, 5.41) is 31.2. The molecule has 11 heteroatoms. The van der Waals surface area contributed by atoms with Gasteiger partial charge in [0.1, 0.15) is 23.0 Å². The molecule has 0 aliphatic rings. The van der Waals surface area contributed by atoms with Crippen LogP contribution in [0.5, 0.6) is 0 Å². The van der Waals surface area contributed by atoms with Gasteiger partial charge in [0.2, 0.25) is 0 Å². The van der Waals surface area contributed by atoms with E-state index in [0.717, 1.165) is 0 Å². The highest BCUT2D eigenvalue weighted by Crippen LogP contribution is 2.18. The summed E-state index contributed by atoms with van der Waals surface area (Å²) in [6.45, 7) is 1.93. The second kappa shape index (κ2) is 6.71. The van der Waals surface area contributed by atoms with Crippen molar-refractivity contribution in [3.05, 3.63) is 51.8 Å². The van der Waals surface area contributed by atoms with Gasteiger partial charge >= 0.3 is 0 Å². The molecule has 0 fully saturated rings. The topological polar surface area (TPSA) is 115 Å². The number of hydrogen-bond donors (Lipinski definition) is 1. The van der Waals surface area contributed by atoms with Crippen molar-refractivity contribution in [2.45, 2.75) is 19.9 Å². The van der Waals surface area contributed by atoms with E-state index in [0.29, 0.717) is 17.1 Å². The molecule has 1 aromatic carbocycles. The Balaban J connectivity index is 1.85. The molecule has 0 bridgehead atoms. The third kappa shape index (κ3) is 3.23. The smallest absolute Gasteiger partial charge is 0.158 e. The van der Waals surface area contributed by atoms with Crippen LogP contribution < -0.4 is 0 Å². The maximum absolute atomic E-state index is 13.2. The van der Waals surface area contributed by atoms with Gasteiger partial charge in [0.05, 0.1) is 11.6 Å². The Bertz CT molecular complexity index is 892. The molecule has 1 N–H and O–H groups in total. The van der Waals surface area contributed by atoms with Gasteiger partial charge in [0.15, 0.2) is 5.69 Å². The van der Waals surface area contributed by atoms with Crippen molar-refractivity contribution in [1.82, 2.24) is 30.5 Å². The fourth-order valence-corrected chi connectivity index (χ4v) is 2.28. The highest BCUT2D eigenvalue weighted by Gasteiger charge is 2.19. The number of oxime groups is 1. The molecule has 0 radical (unpaired) electrons. The van der Waals surface area contributed by atoms with E-state index in [9.17, 15) is 9.60 Å². The fraction of sp³-hybridized carbons (Fsp3) is 0.231. The number of benzene rings is 1. The third-order valence-electron chi connectivity index (χ3n) is 3.32. The minimum Gasteiger partial charge on any atom is -0.411 e. The molecular weight excluding hydrogens is 341 g/mol. The molecule has 0 saturated carbocycles. The number of rotatable bonds is 5. The molecular formula is C13H11ClFN7O2. The Kier molecular flexibility index (Phi) is 4.47. The molecule has 0 aliphatic heterocycles. The Morgan fingerprint density at radius 2 is 2.25 bits per heavy atom. The average molecular weight is 352 g/mol. The Labute approximate surface area is 139 Å². The van der Waals surface area contributed by atoms with E-state index in [4.69, 9.17) is 16.2 Å². The van der Waals surface area contributed by atoms with E-state index in [1.165, 1.54) is 22.9 Å². The molecule has 124 valence electrons. The number of tetrazole rings is 1. The Hall–Kier alpha value is -2.88. The minimum absolute atomic E-state index is 0.0207. The molecule has 9 nitrogen and oxygen atoms in total. The fourth-order valence-electron chi connectivity index (χ4n) is 2.08. The first kappa shape index (κ1) is 16.0. The zero-order valence-electron chi connectivity index (χ0n) is 12.4. The standard InChI is InChI=1S/C13H11ClFN7O2/c1-7-16-20-21-22(7)6-12-13(19-24-18-12)11(17-23)5-8-2-3-10(15)9(14)4-8/h2-4,23H,5-6H2,1H3. The van der Waals surface area contributed by atoms with Crippen molar-refractivity contribution in [2.24, 2.45) is 5.16 Å². The summed E-state index contributed by atoms with van der Waals surface area (Å²) in [5.41, 5.74) is 1.49. The molecule has 3 rings (SSSR count). The van der Waals surface area contributed by atoms with E-state index >= 15 is 0 Å². The van der Waals surface area contributed by atoms with Crippen LogP contribution in [0.3, 0.4) is 0 Å². The van der Waals surface area contributed by atoms with Gasteiger partial charge in [0, 0.05) is 6.42 Å². The Morgan fingerprint density at radius 1 is 1.42 bits per heavy atom. The highest BCUT2D eigenvalue weighted by atomic mass is 35.5. The number of aromatic nitrogens is 6. The van der Waals surface area contributed by atoms with Crippen LogP contribution in [0, 0.1) is 12.7 Å². The van der Waals surface area contributed by atoms with E-state index in [-0.39, 0.29) is 29.4 Å². The summed E-state index contributed by atoms with van der Waals surface area (Å²) in [4.78, 5) is 0. The van der Waals surface area contributed by atoms with E-state index < -0.39 is 5.82 Å². The van der Waals surface area contributed by atoms with Crippen molar-refractivity contribution >= 4 is 17.3 Å². The van der Waals surface area contributed by atoms with Crippen LogP contribution in [0.2, 0.25) is 5.02 Å². The number of halogens is 2. The normalized spacial score (nSPS) is 11.9. The van der Waals surface area contributed by atoms with Crippen molar-refractivity contribution in [1.29, 1.82) is 0 Å². The van der Waals surface area contributed by atoms with Gasteiger partial charge in [-0.2, -0.15) is 0 Å². The van der Waals surface area contributed by atoms with Crippen LogP contribution >= 0.6 is 11.6 Å². The summed E-state index contributed by atoms with van der Waals surface area (Å²) in [5.74, 6) is 0.0533. The van der Waals surface area contributed by atoms with Crippen LogP contribution in [0.1, 0.15) is 22.8 Å². The summed E-state index contributed by atoms with van der Waals surface area (Å²) >= 11 is 5.76. The molecule has 0 unspecified atom stereocenters. The molecule has 2 heterocycles. The average Bonchev–Trinajstić information content (AvgIpc) is 3.18. The maximum Gasteiger partial charge on any atom is 0.158 e. The predicted octanol–water partition coefficient (Wildman–Crippen LogP) is 1.63. The highest BCUT2D eigenvalue weighted by molar-refractivity contribution is 6.30. The summed E-state index contributed by atoms with van der Waals surface area (Å²) in [7, 11) is 0. The van der Waals surface area contributed by atoms with Crippen LogP contribution in [-0.4, -0.2) is 41.4 Å². The minimum atomic E-state index is -0.527. The Morgan fingerprint density at radius 3 is 2.92 bits per heavy atom. The molecule has 0 amide bonds. The van der Waals surface area contributed by atoms with E-state index in [1.807, 2.05) is 0 Å². The quantitative estimate of drug-likeness (QED) is 0.422. The molecule has 2 aromatic heterocycles. The third-order valence-corrected chi connectivity index (χ3v) is 3.61. The number of aryl methyl sites for hydroxylation is 1. The van der Waals surface area contributed by atoms with Crippen molar-refractivity contribution in [3.8, 4) is 0 Å². The van der Waals surface area contributed by atoms with Crippen molar-refractivity contribution in [3.63, 3.8) is 0 Å². The first-order valence-electron chi connectivity index (χ1n) is 6.78. The monoisotopic (exact) mass is 351 g/mol. The molecule has 0 saturated heterocycles. The van der Waals surface area contributed by atoms with Gasteiger partial charge in [-0.15, -0.1) is 5.10 Å². The van der Waals surface area contributed by atoms with Crippen molar-refractivity contribution < 1.29 is 14.2 Å². The second-order valence-electron chi connectivity index (χ2n) is 4.92. The first-order chi connectivity index (χ1) is 11.6. The van der Waals surface area contributed by atoms with Crippen LogP contribution in [-0.2, 0) is 13.0 Å². The maximum atomic E-state index is 13.2. The lowest BCUT2D eigenvalue weighted by Crippen LogP contribution is -2.13. The van der Waals surface area contributed by atoms with E-state index in [1.54, 1.807) is 6.92 Å². The number of nitrogens with zero attached hydrogens (tertiary/aromatic N) is 7. The van der Waals surface area contributed by atoms with Gasteiger partial charge in [-0.05, 0) is 40.2 Å². The van der Waals surface area contributed by atoms with Gasteiger partial charge < -0.3 is 5.21 Å².